The molecule has 1 radical (unpaired) electrons. The lowest BCUT2D eigenvalue weighted by Crippen LogP contribution is -2.02. The van der Waals surface area contributed by atoms with E-state index in [1.807, 2.05) is 12.1 Å². The van der Waals surface area contributed by atoms with Gasteiger partial charge in [0.05, 0.1) is 5.30 Å². The summed E-state index contributed by atoms with van der Waals surface area (Å²) in [5, 5.41) is 0.00101. The second-order valence-corrected chi connectivity index (χ2v) is 5.24. The van der Waals surface area contributed by atoms with E-state index in [0.29, 0.717) is 5.56 Å². The normalized spacial score (nSPS) is 10.6. The van der Waals surface area contributed by atoms with Crippen LogP contribution in [0.4, 0.5) is 0 Å². The maximum atomic E-state index is 11.0. The van der Waals surface area contributed by atoms with E-state index in [1.54, 1.807) is 24.3 Å². The molecule has 0 saturated carbocycles. The highest BCUT2D eigenvalue weighted by Crippen LogP contribution is 2.32. The summed E-state index contributed by atoms with van der Waals surface area (Å²) in [6.45, 7) is 0. The Morgan fingerprint density at radius 3 is 2.22 bits per heavy atom. The van der Waals surface area contributed by atoms with Gasteiger partial charge in [-0.2, -0.15) is 0 Å². The molecular formula is C14H10O3P. The third-order valence-electron chi connectivity index (χ3n) is 2.26. The SMILES string of the molecule is O=P(O)(O)c1ccc(C#Cc2c[c]ccc2)cc1. The Balaban J connectivity index is 2.22. The van der Waals surface area contributed by atoms with Gasteiger partial charge >= 0.3 is 7.60 Å². The molecule has 0 bridgehead atoms. The largest absolute Gasteiger partial charge is 0.356 e. The molecule has 0 spiro atoms. The Morgan fingerprint density at radius 1 is 1.00 bits per heavy atom. The Morgan fingerprint density at radius 2 is 1.67 bits per heavy atom. The molecule has 0 aliphatic carbocycles. The molecule has 0 amide bonds. The van der Waals surface area contributed by atoms with Crippen LogP contribution in [-0.4, -0.2) is 9.79 Å². The van der Waals surface area contributed by atoms with Crippen molar-refractivity contribution in [1.82, 2.24) is 0 Å². The van der Waals surface area contributed by atoms with Gasteiger partial charge in [0.25, 0.3) is 0 Å². The van der Waals surface area contributed by atoms with Crippen LogP contribution in [0.2, 0.25) is 0 Å². The van der Waals surface area contributed by atoms with E-state index in [1.165, 1.54) is 12.1 Å². The van der Waals surface area contributed by atoms with E-state index in [4.69, 9.17) is 9.79 Å². The standard InChI is InChI=1S/C14H10O3P/c15-18(16,17)14-10-8-13(9-11-14)7-6-12-4-2-1-3-5-12/h1-2,4-5,8-11H,(H2,15,16,17). The minimum absolute atomic E-state index is 0.00101. The van der Waals surface area contributed by atoms with Gasteiger partial charge in [0.15, 0.2) is 0 Å². The fourth-order valence-electron chi connectivity index (χ4n) is 1.35. The molecule has 0 aliphatic heterocycles. The molecule has 89 valence electrons. The maximum absolute atomic E-state index is 11.0. The molecule has 3 nitrogen and oxygen atoms in total. The lowest BCUT2D eigenvalue weighted by molar-refractivity contribution is 0.387. The van der Waals surface area contributed by atoms with Gasteiger partial charge in [-0.3, -0.25) is 4.57 Å². The lowest BCUT2D eigenvalue weighted by Gasteiger charge is -2.02. The third kappa shape index (κ3) is 3.32. The number of benzene rings is 2. The second-order valence-electron chi connectivity index (χ2n) is 3.63. The first-order chi connectivity index (χ1) is 8.55. The van der Waals surface area contributed by atoms with E-state index in [2.05, 4.69) is 17.9 Å². The van der Waals surface area contributed by atoms with Crippen molar-refractivity contribution in [2.24, 2.45) is 0 Å². The maximum Gasteiger partial charge on any atom is 0.356 e. The smallest absolute Gasteiger partial charge is 0.321 e. The van der Waals surface area contributed by atoms with Gasteiger partial charge in [0.1, 0.15) is 0 Å². The van der Waals surface area contributed by atoms with Crippen LogP contribution in [0, 0.1) is 17.9 Å². The minimum atomic E-state index is -4.17. The van der Waals surface area contributed by atoms with Crippen molar-refractivity contribution in [2.45, 2.75) is 0 Å². The summed E-state index contributed by atoms with van der Waals surface area (Å²) in [5.74, 6) is 5.86. The summed E-state index contributed by atoms with van der Waals surface area (Å²) in [6.07, 6.45) is 0. The van der Waals surface area contributed by atoms with Crippen LogP contribution >= 0.6 is 7.60 Å². The van der Waals surface area contributed by atoms with Crippen LogP contribution in [0.25, 0.3) is 0 Å². The van der Waals surface area contributed by atoms with Crippen molar-refractivity contribution >= 4 is 12.9 Å². The summed E-state index contributed by atoms with van der Waals surface area (Å²) >= 11 is 0. The average molecular weight is 257 g/mol. The van der Waals surface area contributed by atoms with Crippen LogP contribution in [0.15, 0.2) is 48.5 Å². The molecule has 4 heteroatoms. The van der Waals surface area contributed by atoms with Crippen molar-refractivity contribution in [3.05, 3.63) is 65.7 Å². The van der Waals surface area contributed by atoms with Gasteiger partial charge in [0, 0.05) is 11.1 Å². The van der Waals surface area contributed by atoms with Gasteiger partial charge in [-0.25, -0.2) is 0 Å². The molecule has 0 atom stereocenters. The molecule has 0 heterocycles. The highest BCUT2D eigenvalue weighted by Gasteiger charge is 2.15. The quantitative estimate of drug-likeness (QED) is 0.603. The van der Waals surface area contributed by atoms with Crippen LogP contribution in [0.5, 0.6) is 0 Å². The van der Waals surface area contributed by atoms with Crippen molar-refractivity contribution in [2.75, 3.05) is 0 Å². The molecule has 0 unspecified atom stereocenters. The average Bonchev–Trinajstić information content (AvgIpc) is 2.37. The van der Waals surface area contributed by atoms with E-state index >= 15 is 0 Å². The molecule has 2 N–H and O–H groups in total. The highest BCUT2D eigenvalue weighted by molar-refractivity contribution is 7.60. The first-order valence-corrected chi connectivity index (χ1v) is 6.81. The summed E-state index contributed by atoms with van der Waals surface area (Å²) in [6, 6.07) is 16.2. The monoisotopic (exact) mass is 257 g/mol. The molecule has 0 aliphatic rings. The molecule has 0 fully saturated rings. The Labute approximate surface area is 105 Å². The van der Waals surface area contributed by atoms with Crippen LogP contribution in [-0.2, 0) is 4.57 Å². The van der Waals surface area contributed by atoms with Crippen molar-refractivity contribution in [1.29, 1.82) is 0 Å². The van der Waals surface area contributed by atoms with Crippen LogP contribution in [0.3, 0.4) is 0 Å². The van der Waals surface area contributed by atoms with E-state index in [9.17, 15) is 4.57 Å². The molecule has 0 saturated heterocycles. The highest BCUT2D eigenvalue weighted by atomic mass is 31.2. The topological polar surface area (TPSA) is 57.5 Å². The Kier molecular flexibility index (Phi) is 3.64. The zero-order valence-corrected chi connectivity index (χ0v) is 10.3. The molecule has 0 aromatic heterocycles. The van der Waals surface area contributed by atoms with E-state index in [0.717, 1.165) is 5.56 Å². The predicted octanol–water partition coefficient (Wildman–Crippen LogP) is 1.69. The lowest BCUT2D eigenvalue weighted by atomic mass is 10.2. The Hall–Kier alpha value is -1.85. The number of rotatable bonds is 1. The predicted molar refractivity (Wildman–Crippen MR) is 69.4 cm³/mol. The van der Waals surface area contributed by atoms with Gasteiger partial charge in [-0.05, 0) is 42.5 Å². The second kappa shape index (κ2) is 5.20. The van der Waals surface area contributed by atoms with Crippen molar-refractivity contribution < 1.29 is 14.4 Å². The summed E-state index contributed by atoms with van der Waals surface area (Å²) in [5.41, 5.74) is 1.55. The first-order valence-electron chi connectivity index (χ1n) is 5.20. The fraction of sp³-hybridized carbons (Fsp3) is 0. The Bertz CT molecular complexity index is 630. The first kappa shape index (κ1) is 12.6. The van der Waals surface area contributed by atoms with Gasteiger partial charge in [0.2, 0.25) is 0 Å². The molecule has 18 heavy (non-hydrogen) atoms. The van der Waals surface area contributed by atoms with Crippen molar-refractivity contribution in [3.63, 3.8) is 0 Å². The summed E-state index contributed by atoms with van der Waals surface area (Å²) < 4.78 is 11.0. The zero-order valence-electron chi connectivity index (χ0n) is 9.37. The number of hydrogen-bond acceptors (Lipinski definition) is 1. The van der Waals surface area contributed by atoms with Gasteiger partial charge < -0.3 is 9.79 Å². The fourth-order valence-corrected chi connectivity index (χ4v) is 1.89. The van der Waals surface area contributed by atoms with E-state index in [-0.39, 0.29) is 5.30 Å². The summed E-state index contributed by atoms with van der Waals surface area (Å²) in [4.78, 5) is 17.9. The van der Waals surface area contributed by atoms with Crippen LogP contribution in [0.1, 0.15) is 11.1 Å². The number of hydrogen-bond donors (Lipinski definition) is 2. The molecular weight excluding hydrogens is 247 g/mol. The van der Waals surface area contributed by atoms with Crippen molar-refractivity contribution in [3.8, 4) is 11.8 Å². The molecule has 2 aromatic rings. The van der Waals surface area contributed by atoms with E-state index < -0.39 is 7.60 Å². The summed E-state index contributed by atoms with van der Waals surface area (Å²) in [7, 11) is -4.17. The van der Waals surface area contributed by atoms with Gasteiger partial charge in [-0.1, -0.05) is 24.0 Å². The van der Waals surface area contributed by atoms with Crippen LogP contribution < -0.4 is 5.30 Å². The minimum Gasteiger partial charge on any atom is -0.321 e. The molecule has 2 rings (SSSR count). The zero-order chi connectivity index (χ0) is 13.0. The third-order valence-corrected chi connectivity index (χ3v) is 3.23. The van der Waals surface area contributed by atoms with Gasteiger partial charge in [-0.15, -0.1) is 0 Å². The molecule has 2 aromatic carbocycles.